The molecule has 2 heteroatoms. The molecule has 54 heavy (non-hydrogen) atoms. The second-order valence-corrected chi connectivity index (χ2v) is 14.3. The zero-order chi connectivity index (χ0) is 35.9. The van der Waals surface area contributed by atoms with E-state index in [0.29, 0.717) is 0 Å². The van der Waals surface area contributed by atoms with E-state index in [2.05, 4.69) is 170 Å². The van der Waals surface area contributed by atoms with Gasteiger partial charge in [0.05, 0.1) is 0 Å². The third-order valence-electron chi connectivity index (χ3n) is 11.3. The lowest BCUT2D eigenvalue weighted by Crippen LogP contribution is -1.92. The number of hydrogen-bond donors (Lipinski definition) is 0. The number of aryl methyl sites for hydroxylation is 1. The van der Waals surface area contributed by atoms with Crippen LogP contribution in [-0.4, -0.2) is 0 Å². The summed E-state index contributed by atoms with van der Waals surface area (Å²) in [5, 5.41) is 13.1. The molecule has 0 N–H and O–H groups in total. The zero-order valence-corrected chi connectivity index (χ0v) is 30.0. The van der Waals surface area contributed by atoms with Crippen molar-refractivity contribution in [1.29, 1.82) is 0 Å². The molecule has 2 heterocycles. The maximum Gasteiger partial charge on any atom is 0.136 e. The molecule has 0 aliphatic carbocycles. The van der Waals surface area contributed by atoms with Gasteiger partial charge in [-0.2, -0.15) is 0 Å². The van der Waals surface area contributed by atoms with Gasteiger partial charge in [0.15, 0.2) is 0 Å². The average molecular weight is 691 g/mol. The summed E-state index contributed by atoms with van der Waals surface area (Å²) in [6.45, 7) is 4.08. The first-order chi connectivity index (χ1) is 26.7. The summed E-state index contributed by atoms with van der Waals surface area (Å²) in [4.78, 5) is 0. The highest BCUT2D eigenvalue weighted by Gasteiger charge is 2.21. The van der Waals surface area contributed by atoms with E-state index in [1.165, 1.54) is 65.5 Å². The fraction of sp³-hybridized carbons (Fsp3) is 0.0385. The van der Waals surface area contributed by atoms with E-state index in [1.807, 2.05) is 13.8 Å². The Morgan fingerprint density at radius 2 is 1.02 bits per heavy atom. The van der Waals surface area contributed by atoms with Crippen LogP contribution in [0.4, 0.5) is 0 Å². The highest BCUT2D eigenvalue weighted by atomic mass is 16.3. The molecule has 0 aliphatic heterocycles. The van der Waals surface area contributed by atoms with Gasteiger partial charge in [-0.1, -0.05) is 140 Å². The maximum absolute atomic E-state index is 6.67. The minimum absolute atomic E-state index is 0.875. The summed E-state index contributed by atoms with van der Waals surface area (Å²) in [6.07, 6.45) is 4.20. The van der Waals surface area contributed by atoms with Crippen molar-refractivity contribution in [1.82, 2.24) is 0 Å². The number of rotatable bonds is 4. The van der Waals surface area contributed by atoms with Crippen LogP contribution in [-0.2, 0) is 0 Å². The van der Waals surface area contributed by atoms with E-state index in [9.17, 15) is 0 Å². The standard InChI is InChI=1S/C52H34O2/c1-3-13-35-31(2)53-49-30-45-33(28-46(35)49)23-27-47-52(45)44-24-22-34(29-48(44)54-47)50-39-18-9-11-20-41(39)51(42-21-12-10-19-40(42)50)43-26-25-36(32-14-5-4-6-15-32)37-16-7-8-17-38(37)43/h3-30H,1-2H3/b13-3-. The van der Waals surface area contributed by atoms with Crippen LogP contribution in [0.3, 0.4) is 0 Å². The number of benzene rings is 9. The van der Waals surface area contributed by atoms with Crippen LogP contribution in [0.15, 0.2) is 173 Å². The molecule has 2 aromatic heterocycles. The first-order valence-corrected chi connectivity index (χ1v) is 18.6. The van der Waals surface area contributed by atoms with Crippen LogP contribution in [0, 0.1) is 6.92 Å². The second-order valence-electron chi connectivity index (χ2n) is 14.3. The highest BCUT2D eigenvalue weighted by molar-refractivity contribution is 6.25. The van der Waals surface area contributed by atoms with Crippen LogP contribution >= 0.6 is 0 Å². The Morgan fingerprint density at radius 3 is 1.72 bits per heavy atom. The van der Waals surface area contributed by atoms with Gasteiger partial charge in [0.1, 0.15) is 22.5 Å². The van der Waals surface area contributed by atoms with Gasteiger partial charge in [-0.3, -0.25) is 0 Å². The van der Waals surface area contributed by atoms with Gasteiger partial charge in [0.2, 0.25) is 0 Å². The zero-order valence-electron chi connectivity index (χ0n) is 30.0. The van der Waals surface area contributed by atoms with Gasteiger partial charge in [-0.15, -0.1) is 0 Å². The SMILES string of the molecule is C/C=C\c1c(C)oc2cc3c(ccc4oc5cc(-c6c7ccccc7c(-c7ccc(-c8ccccc8)c8ccccc78)c7ccccc67)ccc5c43)cc12. The Kier molecular flexibility index (Phi) is 6.72. The number of allylic oxidation sites excluding steroid dienone is 1. The molecule has 2 nitrogen and oxygen atoms in total. The van der Waals surface area contributed by atoms with Crippen LogP contribution in [0.2, 0.25) is 0 Å². The van der Waals surface area contributed by atoms with Crippen molar-refractivity contribution >= 4 is 82.1 Å². The van der Waals surface area contributed by atoms with Gasteiger partial charge in [-0.05, 0) is 121 Å². The average Bonchev–Trinajstić information content (AvgIpc) is 3.75. The van der Waals surface area contributed by atoms with Crippen molar-refractivity contribution in [3.8, 4) is 33.4 Å². The molecule has 11 rings (SSSR count). The van der Waals surface area contributed by atoms with Crippen molar-refractivity contribution < 1.29 is 8.83 Å². The second kappa shape index (κ2) is 11.8. The van der Waals surface area contributed by atoms with E-state index >= 15 is 0 Å². The summed E-state index contributed by atoms with van der Waals surface area (Å²) < 4.78 is 12.9. The fourth-order valence-electron chi connectivity index (χ4n) is 8.98. The van der Waals surface area contributed by atoms with Crippen molar-refractivity contribution in [2.24, 2.45) is 0 Å². The molecule has 0 aliphatic rings. The lowest BCUT2D eigenvalue weighted by Gasteiger charge is -2.19. The number of furan rings is 2. The lowest BCUT2D eigenvalue weighted by atomic mass is 9.83. The molecule has 11 aromatic rings. The van der Waals surface area contributed by atoms with Crippen LogP contribution in [0.25, 0.3) is 115 Å². The third-order valence-corrected chi connectivity index (χ3v) is 11.3. The molecule has 254 valence electrons. The minimum Gasteiger partial charge on any atom is -0.461 e. The molecule has 0 unspecified atom stereocenters. The first-order valence-electron chi connectivity index (χ1n) is 18.6. The number of fused-ring (bicyclic) bond motifs is 9. The van der Waals surface area contributed by atoms with Crippen molar-refractivity contribution in [2.75, 3.05) is 0 Å². The Hall–Kier alpha value is -6.90. The molecule has 0 spiro atoms. The number of hydrogen-bond acceptors (Lipinski definition) is 2. The summed E-state index contributed by atoms with van der Waals surface area (Å²) in [5.41, 5.74) is 11.1. The Morgan fingerprint density at radius 1 is 0.407 bits per heavy atom. The summed E-state index contributed by atoms with van der Waals surface area (Å²) >= 11 is 0. The van der Waals surface area contributed by atoms with Crippen molar-refractivity contribution in [3.05, 3.63) is 175 Å². The van der Waals surface area contributed by atoms with Crippen LogP contribution in [0.1, 0.15) is 18.2 Å². The molecule has 0 amide bonds. The largest absolute Gasteiger partial charge is 0.461 e. The van der Waals surface area contributed by atoms with E-state index in [0.717, 1.165) is 55.2 Å². The fourth-order valence-corrected chi connectivity index (χ4v) is 8.98. The molecule has 0 bridgehead atoms. The van der Waals surface area contributed by atoms with Crippen LogP contribution in [0.5, 0.6) is 0 Å². The Balaban J connectivity index is 1.15. The van der Waals surface area contributed by atoms with Gasteiger partial charge in [0.25, 0.3) is 0 Å². The first kappa shape index (κ1) is 30.7. The van der Waals surface area contributed by atoms with Crippen LogP contribution < -0.4 is 0 Å². The smallest absolute Gasteiger partial charge is 0.136 e. The van der Waals surface area contributed by atoms with Gasteiger partial charge >= 0.3 is 0 Å². The highest BCUT2D eigenvalue weighted by Crippen LogP contribution is 2.47. The van der Waals surface area contributed by atoms with Crippen molar-refractivity contribution in [2.45, 2.75) is 13.8 Å². The van der Waals surface area contributed by atoms with Gasteiger partial charge < -0.3 is 8.83 Å². The van der Waals surface area contributed by atoms with E-state index in [1.54, 1.807) is 0 Å². The summed E-state index contributed by atoms with van der Waals surface area (Å²) in [6, 6.07) is 57.4. The minimum atomic E-state index is 0.875. The molecule has 0 saturated carbocycles. The van der Waals surface area contributed by atoms with E-state index < -0.39 is 0 Å². The van der Waals surface area contributed by atoms with E-state index in [-0.39, 0.29) is 0 Å². The van der Waals surface area contributed by atoms with Crippen molar-refractivity contribution in [3.63, 3.8) is 0 Å². The van der Waals surface area contributed by atoms with Gasteiger partial charge in [0, 0.05) is 21.7 Å². The molecule has 0 radical (unpaired) electrons. The predicted molar refractivity (Wildman–Crippen MR) is 229 cm³/mol. The summed E-state index contributed by atoms with van der Waals surface area (Å²) in [7, 11) is 0. The van der Waals surface area contributed by atoms with Gasteiger partial charge in [-0.25, -0.2) is 0 Å². The lowest BCUT2D eigenvalue weighted by molar-refractivity contribution is 0.578. The topological polar surface area (TPSA) is 26.3 Å². The monoisotopic (exact) mass is 690 g/mol. The molecular weight excluding hydrogens is 657 g/mol. The van der Waals surface area contributed by atoms with E-state index in [4.69, 9.17) is 8.83 Å². The third kappa shape index (κ3) is 4.47. The predicted octanol–water partition coefficient (Wildman–Crippen LogP) is 15.3. The Labute approximate surface area is 312 Å². The molecule has 0 atom stereocenters. The quantitative estimate of drug-likeness (QED) is 0.172. The Bertz CT molecular complexity index is 3280. The molecular formula is C52H34O2. The normalized spacial score (nSPS) is 12.2. The summed E-state index contributed by atoms with van der Waals surface area (Å²) in [5.74, 6) is 0.930. The maximum atomic E-state index is 6.67. The molecule has 0 saturated heterocycles. The molecule has 0 fully saturated rings. The molecule has 9 aromatic carbocycles.